The molecule has 1 heterocycles. The standard InChI is InChI=1S/C24H26N2O2S/c1-28-21-13-9-18(10-14-21)16-26(20-11-12-20)17-23(27)25-24(22-8-5-15-29-22)19-6-3-2-4-7-19/h2-10,13-15,20,24H,11-12,16-17H2,1H3,(H,25,27)/p+1/t24-/m0/s1. The van der Waals surface area contributed by atoms with E-state index in [1.165, 1.54) is 23.3 Å². The molecule has 1 saturated carbocycles. The molecule has 1 aliphatic carbocycles. The minimum Gasteiger partial charge on any atom is -0.497 e. The van der Waals surface area contributed by atoms with Crippen LogP contribution in [0.1, 0.15) is 34.9 Å². The number of hydrogen-bond donors (Lipinski definition) is 2. The molecule has 2 aromatic carbocycles. The van der Waals surface area contributed by atoms with Crippen LogP contribution in [0.2, 0.25) is 0 Å². The quantitative estimate of drug-likeness (QED) is 0.572. The number of benzene rings is 2. The van der Waals surface area contributed by atoms with Gasteiger partial charge in [0.25, 0.3) is 5.91 Å². The Bertz CT molecular complexity index is 906. The van der Waals surface area contributed by atoms with Crippen LogP contribution in [0, 0.1) is 0 Å². The van der Waals surface area contributed by atoms with Gasteiger partial charge in [0.05, 0.1) is 19.2 Å². The number of ether oxygens (including phenoxy) is 1. The maximum atomic E-state index is 13.0. The van der Waals surface area contributed by atoms with Crippen molar-refractivity contribution in [3.63, 3.8) is 0 Å². The molecular weight excluding hydrogens is 380 g/mol. The van der Waals surface area contributed by atoms with E-state index in [2.05, 4.69) is 41.0 Å². The van der Waals surface area contributed by atoms with Gasteiger partial charge in [0.15, 0.2) is 6.54 Å². The summed E-state index contributed by atoms with van der Waals surface area (Å²) < 4.78 is 5.25. The maximum Gasteiger partial charge on any atom is 0.275 e. The number of methoxy groups -OCH3 is 1. The molecule has 2 atom stereocenters. The molecule has 1 unspecified atom stereocenters. The van der Waals surface area contributed by atoms with Crippen molar-refractivity contribution in [1.82, 2.24) is 5.32 Å². The fourth-order valence-electron chi connectivity index (χ4n) is 3.69. The summed E-state index contributed by atoms with van der Waals surface area (Å²) in [6.45, 7) is 1.35. The number of carbonyl (C=O) groups is 1. The van der Waals surface area contributed by atoms with Crippen molar-refractivity contribution < 1.29 is 14.4 Å². The average molecular weight is 408 g/mol. The first-order chi connectivity index (χ1) is 14.2. The van der Waals surface area contributed by atoms with E-state index in [4.69, 9.17) is 4.74 Å². The van der Waals surface area contributed by atoms with Crippen molar-refractivity contribution in [1.29, 1.82) is 0 Å². The second-order valence-electron chi connectivity index (χ2n) is 7.56. The number of amides is 1. The zero-order valence-corrected chi connectivity index (χ0v) is 17.5. The number of rotatable bonds is 9. The monoisotopic (exact) mass is 407 g/mol. The molecule has 29 heavy (non-hydrogen) atoms. The topological polar surface area (TPSA) is 42.8 Å². The van der Waals surface area contributed by atoms with E-state index < -0.39 is 0 Å². The first-order valence-corrected chi connectivity index (χ1v) is 11.0. The average Bonchev–Trinajstić information content (AvgIpc) is 3.47. The molecule has 4 rings (SSSR count). The van der Waals surface area contributed by atoms with Crippen LogP contribution >= 0.6 is 11.3 Å². The molecule has 2 N–H and O–H groups in total. The number of nitrogens with one attached hydrogen (secondary N) is 2. The van der Waals surface area contributed by atoms with E-state index in [1.807, 2.05) is 36.4 Å². The Morgan fingerprint density at radius 1 is 1.10 bits per heavy atom. The molecule has 1 aliphatic rings. The lowest BCUT2D eigenvalue weighted by Crippen LogP contribution is -3.13. The number of carbonyl (C=O) groups excluding carboxylic acids is 1. The van der Waals surface area contributed by atoms with Crippen LogP contribution in [0.4, 0.5) is 0 Å². The summed E-state index contributed by atoms with van der Waals surface area (Å²) in [5.74, 6) is 0.962. The van der Waals surface area contributed by atoms with E-state index in [0.717, 1.165) is 22.7 Å². The van der Waals surface area contributed by atoms with Gasteiger partial charge in [-0.1, -0.05) is 36.4 Å². The van der Waals surface area contributed by atoms with Gasteiger partial charge in [0, 0.05) is 23.3 Å². The van der Waals surface area contributed by atoms with E-state index in [-0.39, 0.29) is 11.9 Å². The highest BCUT2D eigenvalue weighted by atomic mass is 32.1. The molecule has 0 saturated heterocycles. The first kappa shape index (κ1) is 19.7. The highest BCUT2D eigenvalue weighted by molar-refractivity contribution is 7.10. The van der Waals surface area contributed by atoms with Crippen LogP contribution in [0.25, 0.3) is 0 Å². The Hall–Kier alpha value is -2.63. The normalized spacial score (nSPS) is 15.5. The summed E-state index contributed by atoms with van der Waals surface area (Å²) in [5, 5.41) is 5.34. The lowest BCUT2D eigenvalue weighted by atomic mass is 10.1. The highest BCUT2D eigenvalue weighted by Gasteiger charge is 2.35. The van der Waals surface area contributed by atoms with Gasteiger partial charge in [-0.3, -0.25) is 4.79 Å². The predicted molar refractivity (Wildman–Crippen MR) is 116 cm³/mol. The molecule has 0 radical (unpaired) electrons. The summed E-state index contributed by atoms with van der Waals surface area (Å²) >= 11 is 1.68. The third-order valence-corrected chi connectivity index (χ3v) is 6.34. The molecule has 1 amide bonds. The molecule has 150 valence electrons. The third-order valence-electron chi connectivity index (χ3n) is 5.40. The molecule has 3 aromatic rings. The van der Waals surface area contributed by atoms with Gasteiger partial charge in [0.1, 0.15) is 12.3 Å². The second-order valence-corrected chi connectivity index (χ2v) is 8.54. The van der Waals surface area contributed by atoms with Crippen molar-refractivity contribution in [3.05, 3.63) is 88.1 Å². The Morgan fingerprint density at radius 3 is 2.48 bits per heavy atom. The third kappa shape index (κ3) is 5.25. The van der Waals surface area contributed by atoms with E-state index in [1.54, 1.807) is 18.4 Å². The van der Waals surface area contributed by atoms with Crippen LogP contribution in [0.5, 0.6) is 5.75 Å². The molecule has 1 aromatic heterocycles. The minimum atomic E-state index is -0.0925. The smallest absolute Gasteiger partial charge is 0.275 e. The highest BCUT2D eigenvalue weighted by Crippen LogP contribution is 2.25. The fraction of sp³-hybridized carbons (Fsp3) is 0.292. The Balaban J connectivity index is 1.44. The summed E-state index contributed by atoms with van der Waals surface area (Å²) in [6, 6.07) is 23.0. The van der Waals surface area contributed by atoms with Gasteiger partial charge in [-0.15, -0.1) is 11.3 Å². The molecule has 0 aliphatic heterocycles. The van der Waals surface area contributed by atoms with Crippen LogP contribution in [-0.4, -0.2) is 25.6 Å². The Morgan fingerprint density at radius 2 is 1.86 bits per heavy atom. The van der Waals surface area contributed by atoms with Crippen molar-refractivity contribution in [3.8, 4) is 5.75 Å². The predicted octanol–water partition coefficient (Wildman–Crippen LogP) is 3.21. The molecular formula is C24H27N2O2S+. The van der Waals surface area contributed by atoms with Crippen LogP contribution < -0.4 is 15.0 Å². The lowest BCUT2D eigenvalue weighted by Gasteiger charge is -2.22. The summed E-state index contributed by atoms with van der Waals surface area (Å²) in [4.78, 5) is 15.5. The number of thiophene rings is 1. The summed E-state index contributed by atoms with van der Waals surface area (Å²) in [6.07, 6.45) is 2.40. The number of hydrogen-bond acceptors (Lipinski definition) is 3. The summed E-state index contributed by atoms with van der Waals surface area (Å²) in [5.41, 5.74) is 2.35. The van der Waals surface area contributed by atoms with Crippen molar-refractivity contribution in [2.24, 2.45) is 0 Å². The fourth-order valence-corrected chi connectivity index (χ4v) is 4.49. The van der Waals surface area contributed by atoms with E-state index in [9.17, 15) is 4.79 Å². The van der Waals surface area contributed by atoms with Gasteiger partial charge < -0.3 is 15.0 Å². The van der Waals surface area contributed by atoms with Crippen molar-refractivity contribution in [2.75, 3.05) is 13.7 Å². The first-order valence-electron chi connectivity index (χ1n) is 10.1. The minimum absolute atomic E-state index is 0.0925. The van der Waals surface area contributed by atoms with Crippen LogP contribution in [-0.2, 0) is 11.3 Å². The second kappa shape index (κ2) is 9.25. The molecule has 5 heteroatoms. The maximum absolute atomic E-state index is 13.0. The van der Waals surface area contributed by atoms with Gasteiger partial charge in [-0.2, -0.15) is 0 Å². The zero-order valence-electron chi connectivity index (χ0n) is 16.6. The lowest BCUT2D eigenvalue weighted by molar-refractivity contribution is -0.917. The van der Waals surface area contributed by atoms with E-state index >= 15 is 0 Å². The van der Waals surface area contributed by atoms with Crippen LogP contribution in [0.3, 0.4) is 0 Å². The van der Waals surface area contributed by atoms with Gasteiger partial charge in [0.2, 0.25) is 0 Å². The van der Waals surface area contributed by atoms with Crippen molar-refractivity contribution in [2.45, 2.75) is 31.5 Å². The Kier molecular flexibility index (Phi) is 6.27. The SMILES string of the molecule is COc1ccc(C[NH+](CC(=O)N[C@@H](c2ccccc2)c2cccs2)C2CC2)cc1. The molecule has 0 spiro atoms. The molecule has 1 fully saturated rings. The van der Waals surface area contributed by atoms with Gasteiger partial charge in [-0.05, 0) is 41.3 Å². The Labute approximate surface area is 176 Å². The van der Waals surface area contributed by atoms with Crippen molar-refractivity contribution >= 4 is 17.2 Å². The summed E-state index contributed by atoms with van der Waals surface area (Å²) in [7, 11) is 1.68. The largest absolute Gasteiger partial charge is 0.497 e. The van der Waals surface area contributed by atoms with Gasteiger partial charge in [-0.25, -0.2) is 0 Å². The van der Waals surface area contributed by atoms with E-state index in [0.29, 0.717) is 12.6 Å². The number of quaternary nitrogens is 1. The van der Waals surface area contributed by atoms with Crippen LogP contribution in [0.15, 0.2) is 72.1 Å². The zero-order chi connectivity index (χ0) is 20.1. The molecule has 0 bridgehead atoms. The molecule has 4 nitrogen and oxygen atoms in total. The van der Waals surface area contributed by atoms with Gasteiger partial charge >= 0.3 is 0 Å².